The van der Waals surface area contributed by atoms with Gasteiger partial charge in [-0.1, -0.05) is 42.8 Å². The summed E-state index contributed by atoms with van der Waals surface area (Å²) in [6, 6.07) is 12.7. The van der Waals surface area contributed by atoms with Crippen LogP contribution in [0.1, 0.15) is 39.7 Å². The fourth-order valence-electron chi connectivity index (χ4n) is 3.62. The van der Waals surface area contributed by atoms with E-state index in [1.165, 1.54) is 4.90 Å². The van der Waals surface area contributed by atoms with Crippen molar-refractivity contribution in [3.8, 4) is 5.75 Å². The van der Waals surface area contributed by atoms with Crippen LogP contribution in [0.3, 0.4) is 0 Å². The fraction of sp³-hybridized carbons (Fsp3) is 0.440. The summed E-state index contributed by atoms with van der Waals surface area (Å²) in [5.41, 5.74) is 1.02. The highest BCUT2D eigenvalue weighted by atomic mass is 35.5. The Morgan fingerprint density at radius 2 is 1.69 bits per heavy atom. The first-order valence-electron chi connectivity index (χ1n) is 11.5. The second-order valence-electron chi connectivity index (χ2n) is 8.41. The molecule has 1 unspecified atom stereocenters. The lowest BCUT2D eigenvalue weighted by Gasteiger charge is -2.33. The van der Waals surface area contributed by atoms with E-state index < -0.39 is 28.5 Å². The fourth-order valence-corrected chi connectivity index (χ4v) is 4.60. The Morgan fingerprint density at radius 1 is 1.06 bits per heavy atom. The molecule has 0 saturated carbocycles. The lowest BCUT2D eigenvalue weighted by atomic mass is 10.1. The molecule has 1 N–H and O–H groups in total. The number of sulfonamides is 1. The molecular formula is C25H34ClN3O5S. The molecule has 2 amide bonds. The van der Waals surface area contributed by atoms with Crippen molar-refractivity contribution in [2.45, 2.75) is 52.7 Å². The number of rotatable bonds is 12. The molecule has 0 aliphatic carbocycles. The lowest BCUT2D eigenvalue weighted by Crippen LogP contribution is -2.53. The van der Waals surface area contributed by atoms with Crippen molar-refractivity contribution < 1.29 is 22.7 Å². The second-order valence-corrected chi connectivity index (χ2v) is 10.7. The number of carbonyl (C=O) groups is 2. The SMILES string of the molecule is CCOc1ccccc1N(CC(=O)N(Cc1ccc(Cl)cc1)C(CC)C(=O)NC(C)C)S(C)(=O)=O. The number of hydrogen-bond donors (Lipinski definition) is 1. The number of carbonyl (C=O) groups excluding carboxylic acids is 2. The molecule has 2 aromatic carbocycles. The zero-order valence-electron chi connectivity index (χ0n) is 20.8. The Hall–Kier alpha value is -2.78. The Kier molecular flexibility index (Phi) is 10.4. The van der Waals surface area contributed by atoms with Crippen LogP contribution in [-0.2, 0) is 26.2 Å². The van der Waals surface area contributed by atoms with Crippen LogP contribution in [0.2, 0.25) is 5.02 Å². The summed E-state index contributed by atoms with van der Waals surface area (Å²) < 4.78 is 32.2. The van der Waals surface area contributed by atoms with Crippen molar-refractivity contribution >= 4 is 39.1 Å². The minimum atomic E-state index is -3.85. The maximum atomic E-state index is 13.7. The van der Waals surface area contributed by atoms with Crippen LogP contribution >= 0.6 is 11.6 Å². The molecule has 0 radical (unpaired) electrons. The third-order valence-electron chi connectivity index (χ3n) is 5.20. The van der Waals surface area contributed by atoms with Gasteiger partial charge in [-0.3, -0.25) is 13.9 Å². The summed E-state index contributed by atoms with van der Waals surface area (Å²) in [6.07, 6.45) is 1.39. The van der Waals surface area contributed by atoms with E-state index in [9.17, 15) is 18.0 Å². The number of nitrogens with one attached hydrogen (secondary N) is 1. The Bertz CT molecular complexity index is 1110. The monoisotopic (exact) mass is 523 g/mol. The lowest BCUT2D eigenvalue weighted by molar-refractivity contribution is -0.140. The third-order valence-corrected chi connectivity index (χ3v) is 6.57. The average Bonchev–Trinajstić information content (AvgIpc) is 2.78. The van der Waals surface area contributed by atoms with Gasteiger partial charge in [-0.25, -0.2) is 8.42 Å². The first-order valence-corrected chi connectivity index (χ1v) is 13.7. The summed E-state index contributed by atoms with van der Waals surface area (Å²) in [5.74, 6) is -0.463. The molecule has 0 aromatic heterocycles. The van der Waals surface area contributed by atoms with Gasteiger partial charge in [0.05, 0.1) is 18.6 Å². The van der Waals surface area contributed by atoms with Gasteiger partial charge in [0, 0.05) is 17.6 Å². The Labute approximate surface area is 213 Å². The molecule has 192 valence electrons. The van der Waals surface area contributed by atoms with Crippen molar-refractivity contribution in [1.82, 2.24) is 10.2 Å². The summed E-state index contributed by atoms with van der Waals surface area (Å²) in [6.45, 7) is 7.24. The highest BCUT2D eigenvalue weighted by Gasteiger charge is 2.32. The molecule has 35 heavy (non-hydrogen) atoms. The Balaban J connectivity index is 2.47. The molecule has 0 aliphatic rings. The predicted octanol–water partition coefficient (Wildman–Crippen LogP) is 3.84. The standard InChI is InChI=1S/C25H34ClN3O5S/c1-6-21(25(31)27-18(3)4)28(16-19-12-14-20(26)15-13-19)24(30)17-29(35(5,32)33)22-10-8-9-11-23(22)34-7-2/h8-15,18,21H,6-7,16-17H2,1-5H3,(H,27,31). The van der Waals surface area contributed by atoms with Crippen molar-refractivity contribution in [3.63, 3.8) is 0 Å². The normalized spacial score (nSPS) is 12.2. The van der Waals surface area contributed by atoms with Gasteiger partial charge in [0.2, 0.25) is 21.8 Å². The number of nitrogens with zero attached hydrogens (tertiary/aromatic N) is 2. The first-order chi connectivity index (χ1) is 16.5. The molecule has 0 fully saturated rings. The van der Waals surface area contributed by atoms with Gasteiger partial charge in [0.15, 0.2) is 0 Å². The summed E-state index contributed by atoms with van der Waals surface area (Å²) in [5, 5.41) is 3.41. The van der Waals surface area contributed by atoms with E-state index >= 15 is 0 Å². The van der Waals surface area contributed by atoms with Gasteiger partial charge >= 0.3 is 0 Å². The zero-order valence-corrected chi connectivity index (χ0v) is 22.4. The van der Waals surface area contributed by atoms with Gasteiger partial charge in [-0.2, -0.15) is 0 Å². The second kappa shape index (κ2) is 12.8. The van der Waals surface area contributed by atoms with Crippen LogP contribution in [0.25, 0.3) is 0 Å². The predicted molar refractivity (Wildman–Crippen MR) is 139 cm³/mol. The molecule has 10 heteroatoms. The topological polar surface area (TPSA) is 96.0 Å². The van der Waals surface area contributed by atoms with E-state index in [0.717, 1.165) is 16.1 Å². The van der Waals surface area contributed by atoms with Crippen molar-refractivity contribution in [1.29, 1.82) is 0 Å². The molecule has 1 atom stereocenters. The molecule has 2 aromatic rings. The number of hydrogen-bond acceptors (Lipinski definition) is 5. The van der Waals surface area contributed by atoms with Crippen LogP contribution in [0.5, 0.6) is 5.75 Å². The first kappa shape index (κ1) is 28.5. The van der Waals surface area contributed by atoms with E-state index in [-0.39, 0.29) is 24.2 Å². The number of para-hydroxylation sites is 2. The molecule has 0 bridgehead atoms. The number of ether oxygens (including phenoxy) is 1. The molecule has 8 nitrogen and oxygen atoms in total. The average molecular weight is 524 g/mol. The van der Waals surface area contributed by atoms with Crippen molar-refractivity contribution in [3.05, 3.63) is 59.1 Å². The van der Waals surface area contributed by atoms with Gasteiger partial charge in [-0.15, -0.1) is 0 Å². The number of benzene rings is 2. The van der Waals surface area contributed by atoms with Crippen LogP contribution < -0.4 is 14.4 Å². The van der Waals surface area contributed by atoms with Gasteiger partial charge in [-0.05, 0) is 57.0 Å². The molecule has 0 spiro atoms. The third kappa shape index (κ3) is 8.14. The number of amides is 2. The van der Waals surface area contributed by atoms with E-state index in [1.807, 2.05) is 20.8 Å². The minimum absolute atomic E-state index is 0.116. The smallest absolute Gasteiger partial charge is 0.244 e. The van der Waals surface area contributed by atoms with Gasteiger partial charge in [0.1, 0.15) is 18.3 Å². The van der Waals surface area contributed by atoms with E-state index in [0.29, 0.717) is 23.8 Å². The van der Waals surface area contributed by atoms with Gasteiger partial charge < -0.3 is 15.0 Å². The van der Waals surface area contributed by atoms with Gasteiger partial charge in [0.25, 0.3) is 0 Å². The van der Waals surface area contributed by atoms with Crippen molar-refractivity contribution in [2.24, 2.45) is 0 Å². The highest BCUT2D eigenvalue weighted by Crippen LogP contribution is 2.30. The van der Waals surface area contributed by atoms with E-state index in [4.69, 9.17) is 16.3 Å². The quantitative estimate of drug-likeness (QED) is 0.456. The summed E-state index contributed by atoms with van der Waals surface area (Å²) >= 11 is 6.01. The van der Waals surface area contributed by atoms with E-state index in [1.54, 1.807) is 55.5 Å². The molecular weight excluding hydrogens is 490 g/mol. The molecule has 2 rings (SSSR count). The zero-order chi connectivity index (χ0) is 26.2. The minimum Gasteiger partial charge on any atom is -0.492 e. The molecule has 0 saturated heterocycles. The summed E-state index contributed by atoms with van der Waals surface area (Å²) in [4.78, 5) is 28.1. The largest absolute Gasteiger partial charge is 0.492 e. The van der Waals surface area contributed by atoms with Crippen LogP contribution in [0, 0.1) is 0 Å². The Morgan fingerprint density at radius 3 is 2.23 bits per heavy atom. The maximum Gasteiger partial charge on any atom is 0.244 e. The van der Waals surface area contributed by atoms with Crippen molar-refractivity contribution in [2.75, 3.05) is 23.7 Å². The van der Waals surface area contributed by atoms with Crippen LogP contribution in [0.4, 0.5) is 5.69 Å². The molecule has 0 heterocycles. The number of halogens is 1. The maximum absolute atomic E-state index is 13.7. The summed E-state index contributed by atoms with van der Waals surface area (Å²) in [7, 11) is -3.85. The highest BCUT2D eigenvalue weighted by molar-refractivity contribution is 7.92. The number of anilines is 1. The van der Waals surface area contributed by atoms with Crippen LogP contribution in [-0.4, -0.2) is 56.6 Å². The molecule has 0 aliphatic heterocycles. The van der Waals surface area contributed by atoms with E-state index in [2.05, 4.69) is 5.32 Å². The van der Waals surface area contributed by atoms with Crippen LogP contribution in [0.15, 0.2) is 48.5 Å².